The van der Waals surface area contributed by atoms with Crippen molar-refractivity contribution in [3.63, 3.8) is 0 Å². The summed E-state index contributed by atoms with van der Waals surface area (Å²) < 4.78 is 54.6. The van der Waals surface area contributed by atoms with Crippen LogP contribution in [0.2, 0.25) is 5.02 Å². The average molecular weight is 567 g/mol. The molecule has 0 unspecified atom stereocenters. The van der Waals surface area contributed by atoms with E-state index in [-0.39, 0.29) is 24.0 Å². The molecule has 1 aromatic carbocycles. The van der Waals surface area contributed by atoms with E-state index in [9.17, 15) is 8.42 Å². The van der Waals surface area contributed by atoms with Crippen LogP contribution in [-0.2, 0) is 19.5 Å². The summed E-state index contributed by atoms with van der Waals surface area (Å²) in [6.07, 6.45) is 2.67. The maximum absolute atomic E-state index is 13.7. The SMILES string of the molecule is COc1cccc(OC)c1-n1c(NS(=O)(=O)[C@@H](C)[C@@H](OC(C)C)c2ncc(Cl)cn2)nnc1[C@H]1CCCO1. The highest BCUT2D eigenvalue weighted by Gasteiger charge is 2.37. The molecule has 0 saturated carbocycles. The summed E-state index contributed by atoms with van der Waals surface area (Å²) in [6, 6.07) is 5.24. The molecular weight excluding hydrogens is 536 g/mol. The van der Waals surface area contributed by atoms with Crippen molar-refractivity contribution in [3.05, 3.63) is 47.3 Å². The topological polar surface area (TPSA) is 140 Å². The number of anilines is 1. The number of hydrogen-bond donors (Lipinski definition) is 1. The number of rotatable bonds is 11. The Balaban J connectivity index is 1.78. The zero-order valence-electron chi connectivity index (χ0n) is 21.8. The molecule has 0 amide bonds. The van der Waals surface area contributed by atoms with Gasteiger partial charge in [-0.15, -0.1) is 10.2 Å². The summed E-state index contributed by atoms with van der Waals surface area (Å²) in [5.74, 6) is 1.44. The molecular formula is C24H31ClN6O6S. The first-order valence-corrected chi connectivity index (χ1v) is 14.0. The molecule has 4 rings (SSSR count). The molecule has 2 aromatic heterocycles. The van der Waals surface area contributed by atoms with E-state index in [1.165, 1.54) is 33.5 Å². The van der Waals surface area contributed by atoms with Crippen molar-refractivity contribution >= 4 is 27.6 Å². The maximum atomic E-state index is 13.7. The molecule has 1 aliphatic rings. The Bertz CT molecular complexity index is 1320. The molecule has 1 saturated heterocycles. The van der Waals surface area contributed by atoms with Crippen LogP contribution in [0.3, 0.4) is 0 Å². The number of aromatic nitrogens is 5. The van der Waals surface area contributed by atoms with Crippen molar-refractivity contribution in [2.75, 3.05) is 25.5 Å². The Labute approximate surface area is 226 Å². The largest absolute Gasteiger partial charge is 0.494 e. The van der Waals surface area contributed by atoms with Crippen molar-refractivity contribution in [1.29, 1.82) is 0 Å². The minimum atomic E-state index is -4.13. The van der Waals surface area contributed by atoms with Crippen LogP contribution in [0.15, 0.2) is 30.6 Å². The molecule has 14 heteroatoms. The Morgan fingerprint density at radius 2 is 1.76 bits per heavy atom. The summed E-state index contributed by atoms with van der Waals surface area (Å²) in [7, 11) is -1.10. The molecule has 0 bridgehead atoms. The third kappa shape index (κ3) is 5.85. The fraction of sp³-hybridized carbons (Fsp3) is 0.500. The van der Waals surface area contributed by atoms with E-state index in [0.29, 0.717) is 41.1 Å². The van der Waals surface area contributed by atoms with E-state index < -0.39 is 21.4 Å². The lowest BCUT2D eigenvalue weighted by Gasteiger charge is -2.25. The molecule has 0 spiro atoms. The van der Waals surface area contributed by atoms with Crippen LogP contribution in [0.4, 0.5) is 5.95 Å². The predicted octanol–water partition coefficient (Wildman–Crippen LogP) is 3.88. The number of methoxy groups -OCH3 is 2. The van der Waals surface area contributed by atoms with Crippen LogP contribution < -0.4 is 14.2 Å². The van der Waals surface area contributed by atoms with Crippen molar-refractivity contribution in [2.24, 2.45) is 0 Å². The van der Waals surface area contributed by atoms with Crippen molar-refractivity contribution in [2.45, 2.75) is 57.2 Å². The van der Waals surface area contributed by atoms with Gasteiger partial charge >= 0.3 is 0 Å². The third-order valence-corrected chi connectivity index (χ3v) is 7.88. The van der Waals surface area contributed by atoms with E-state index in [1.54, 1.807) is 36.6 Å². The molecule has 12 nitrogen and oxygen atoms in total. The first-order chi connectivity index (χ1) is 18.2. The second-order valence-corrected chi connectivity index (χ2v) is 11.4. The summed E-state index contributed by atoms with van der Waals surface area (Å²) in [5.41, 5.74) is 0.439. The lowest BCUT2D eigenvalue weighted by molar-refractivity contribution is 0.00154. The van der Waals surface area contributed by atoms with Gasteiger partial charge < -0.3 is 18.9 Å². The van der Waals surface area contributed by atoms with Crippen LogP contribution in [-0.4, -0.2) is 65.3 Å². The highest BCUT2D eigenvalue weighted by atomic mass is 35.5. The molecule has 1 fully saturated rings. The van der Waals surface area contributed by atoms with Crippen LogP contribution in [0.25, 0.3) is 5.69 Å². The highest BCUT2D eigenvalue weighted by molar-refractivity contribution is 7.93. The van der Waals surface area contributed by atoms with Crippen LogP contribution >= 0.6 is 11.6 Å². The number of para-hydroxylation sites is 1. The molecule has 0 radical (unpaired) electrons. The van der Waals surface area contributed by atoms with E-state index in [2.05, 4.69) is 24.9 Å². The molecule has 1 aliphatic heterocycles. The molecule has 3 atom stereocenters. The molecule has 3 aromatic rings. The minimum absolute atomic E-state index is 0.0505. The van der Waals surface area contributed by atoms with E-state index in [0.717, 1.165) is 6.42 Å². The van der Waals surface area contributed by atoms with Gasteiger partial charge in [-0.1, -0.05) is 17.7 Å². The maximum Gasteiger partial charge on any atom is 0.243 e. The summed E-state index contributed by atoms with van der Waals surface area (Å²) in [6.45, 7) is 5.68. The van der Waals surface area contributed by atoms with Gasteiger partial charge in [0.2, 0.25) is 16.0 Å². The Kier molecular flexibility index (Phi) is 8.71. The van der Waals surface area contributed by atoms with Crippen molar-refractivity contribution < 1.29 is 27.4 Å². The summed E-state index contributed by atoms with van der Waals surface area (Å²) >= 11 is 5.94. The van der Waals surface area contributed by atoms with E-state index in [1.807, 2.05) is 0 Å². The molecule has 3 heterocycles. The number of sulfonamides is 1. The average Bonchev–Trinajstić information content (AvgIpc) is 3.56. The fourth-order valence-electron chi connectivity index (χ4n) is 4.15. The highest BCUT2D eigenvalue weighted by Crippen LogP contribution is 2.39. The van der Waals surface area contributed by atoms with E-state index >= 15 is 0 Å². The first-order valence-electron chi connectivity index (χ1n) is 12.1. The van der Waals surface area contributed by atoms with Gasteiger partial charge in [0.15, 0.2) is 11.6 Å². The van der Waals surface area contributed by atoms with Crippen LogP contribution in [0, 0.1) is 0 Å². The standard InChI is InChI=1S/C24H31ClN6O6S/c1-14(2)37-21(22-26-12-16(25)13-27-22)15(3)38(32,33)30-24-29-28-23(19-10-7-11-36-19)31(24)20-17(34-4)8-6-9-18(20)35-5/h6,8-9,12-15,19,21H,7,10-11H2,1-5H3,(H,29,30)/t15-,19+,21+/m0/s1. The number of hydrogen-bond acceptors (Lipinski definition) is 10. The van der Waals surface area contributed by atoms with E-state index in [4.69, 9.17) is 30.5 Å². The number of halogens is 1. The van der Waals surface area contributed by atoms with Gasteiger partial charge in [0.1, 0.15) is 34.6 Å². The van der Waals surface area contributed by atoms with Gasteiger partial charge in [0, 0.05) is 19.0 Å². The number of benzene rings is 1. The number of nitrogens with one attached hydrogen (secondary N) is 1. The summed E-state index contributed by atoms with van der Waals surface area (Å²) in [4.78, 5) is 8.39. The van der Waals surface area contributed by atoms with Gasteiger partial charge in [-0.25, -0.2) is 18.4 Å². The molecule has 1 N–H and O–H groups in total. The first kappa shape index (κ1) is 28.0. The zero-order chi connectivity index (χ0) is 27.4. The lowest BCUT2D eigenvalue weighted by Crippen LogP contribution is -2.35. The second-order valence-electron chi connectivity index (χ2n) is 8.95. The Morgan fingerprint density at radius 3 is 2.32 bits per heavy atom. The smallest absolute Gasteiger partial charge is 0.243 e. The zero-order valence-corrected chi connectivity index (χ0v) is 23.4. The van der Waals surface area contributed by atoms with Gasteiger partial charge in [0.05, 0.1) is 25.3 Å². The van der Waals surface area contributed by atoms with Crippen LogP contribution in [0.5, 0.6) is 11.5 Å². The quantitative estimate of drug-likeness (QED) is 0.363. The molecule has 38 heavy (non-hydrogen) atoms. The van der Waals surface area contributed by atoms with Gasteiger partial charge in [-0.05, 0) is 45.7 Å². The number of nitrogens with zero attached hydrogens (tertiary/aromatic N) is 5. The fourth-order valence-corrected chi connectivity index (χ4v) is 5.33. The van der Waals surface area contributed by atoms with Crippen LogP contribution in [0.1, 0.15) is 57.5 Å². The summed E-state index contributed by atoms with van der Waals surface area (Å²) in [5, 5.41) is 7.71. The Morgan fingerprint density at radius 1 is 1.11 bits per heavy atom. The Hall–Kier alpha value is -3.00. The normalized spacial score (nSPS) is 17.4. The lowest BCUT2D eigenvalue weighted by atomic mass is 10.2. The minimum Gasteiger partial charge on any atom is -0.494 e. The third-order valence-electron chi connectivity index (χ3n) is 5.99. The second kappa shape index (κ2) is 11.8. The van der Waals surface area contributed by atoms with Gasteiger partial charge in [0.25, 0.3) is 0 Å². The molecule has 206 valence electrons. The van der Waals surface area contributed by atoms with Gasteiger partial charge in [-0.2, -0.15) is 0 Å². The van der Waals surface area contributed by atoms with Crippen molar-refractivity contribution in [1.82, 2.24) is 24.7 Å². The predicted molar refractivity (Wildman–Crippen MR) is 140 cm³/mol. The van der Waals surface area contributed by atoms with Crippen molar-refractivity contribution in [3.8, 4) is 17.2 Å². The molecule has 0 aliphatic carbocycles. The number of ether oxygens (including phenoxy) is 4. The monoisotopic (exact) mass is 566 g/mol. The van der Waals surface area contributed by atoms with Gasteiger partial charge in [-0.3, -0.25) is 9.29 Å².